The van der Waals surface area contributed by atoms with Crippen LogP contribution < -0.4 is 4.74 Å². The Morgan fingerprint density at radius 3 is 2.66 bits per heavy atom. The van der Waals surface area contributed by atoms with Crippen LogP contribution in [0.5, 0.6) is 5.88 Å². The number of hydrogen-bond donors (Lipinski definition) is 1. The second-order valence-corrected chi connectivity index (χ2v) is 12.8. The normalized spacial score (nSPS) is 22.2. The topological polar surface area (TPSA) is 83.0 Å². The summed E-state index contributed by atoms with van der Waals surface area (Å²) in [5, 5.41) is 11.0. The molecule has 1 aliphatic carbocycles. The highest BCUT2D eigenvalue weighted by Crippen LogP contribution is 2.38. The van der Waals surface area contributed by atoms with E-state index in [1.54, 1.807) is 38.5 Å². The molecule has 7 nitrogen and oxygen atoms in total. The van der Waals surface area contributed by atoms with Crippen molar-refractivity contribution in [1.82, 2.24) is 14.2 Å². The standard InChI is InChI=1S/C29H32ClN3O4S/c1-32(2)38(35,36)27-9-3-8-26-25(27)20-21(24-7-4-16-31-28(24)37-26)6-5-17-33-18-14-29(34,15-19-33)22-10-12-23(30)13-11-22/h3-4,6-13,16,20,27,34H,5,14-15,17-19H2,1-2H3. The fraction of sp³-hybridized carbons (Fsp3) is 0.345. The van der Waals surface area contributed by atoms with Gasteiger partial charge in [-0.2, -0.15) is 0 Å². The third kappa shape index (κ3) is 5.37. The zero-order valence-electron chi connectivity index (χ0n) is 21.5. The Balaban J connectivity index is 1.34. The molecule has 0 bridgehead atoms. The van der Waals surface area contributed by atoms with Gasteiger partial charge in [0.2, 0.25) is 15.9 Å². The van der Waals surface area contributed by atoms with Crippen LogP contribution in [0.1, 0.15) is 30.4 Å². The van der Waals surface area contributed by atoms with Crippen LogP contribution >= 0.6 is 11.6 Å². The van der Waals surface area contributed by atoms with E-state index in [2.05, 4.69) is 16.0 Å². The summed E-state index contributed by atoms with van der Waals surface area (Å²) >= 11 is 6.01. The van der Waals surface area contributed by atoms with E-state index < -0.39 is 20.9 Å². The number of ether oxygens (including phenoxy) is 1. The van der Waals surface area contributed by atoms with E-state index in [0.717, 1.165) is 42.8 Å². The van der Waals surface area contributed by atoms with Crippen LogP contribution in [0.3, 0.4) is 0 Å². The molecule has 3 heterocycles. The molecule has 0 spiro atoms. The third-order valence-electron chi connectivity index (χ3n) is 7.43. The number of allylic oxidation sites excluding steroid dienone is 5. The second kappa shape index (κ2) is 10.8. The number of benzene rings is 1. The number of rotatable bonds is 6. The van der Waals surface area contributed by atoms with Gasteiger partial charge in [0.05, 0.1) is 5.60 Å². The molecule has 0 saturated carbocycles. The van der Waals surface area contributed by atoms with E-state index in [0.29, 0.717) is 35.1 Å². The molecule has 0 amide bonds. The van der Waals surface area contributed by atoms with Crippen LogP contribution in [0.25, 0.3) is 5.57 Å². The van der Waals surface area contributed by atoms with E-state index in [-0.39, 0.29) is 0 Å². The molecule has 9 heteroatoms. The molecule has 5 rings (SSSR count). The predicted molar refractivity (Wildman–Crippen MR) is 150 cm³/mol. The van der Waals surface area contributed by atoms with Crippen molar-refractivity contribution in [2.24, 2.45) is 0 Å². The number of pyridine rings is 1. The highest BCUT2D eigenvalue weighted by molar-refractivity contribution is 7.90. The Kier molecular flexibility index (Phi) is 7.62. The fourth-order valence-corrected chi connectivity index (χ4v) is 6.50. The number of sulfonamides is 1. The SMILES string of the molecule is CN(C)S(=O)(=O)C1C=CC=C2Oc3ncccc3C(=CCCN3CCC(O)(c4ccc(Cl)cc4)CC3)C=C21. The van der Waals surface area contributed by atoms with Gasteiger partial charge < -0.3 is 14.7 Å². The number of aliphatic hydroxyl groups is 1. The first-order chi connectivity index (χ1) is 18.2. The molecule has 1 aromatic carbocycles. The average molecular weight is 554 g/mol. The van der Waals surface area contributed by atoms with Gasteiger partial charge in [0.15, 0.2) is 0 Å². The molecular formula is C29H32ClN3O4S. The van der Waals surface area contributed by atoms with Crippen LogP contribution in [0.4, 0.5) is 0 Å². The van der Waals surface area contributed by atoms with Crippen LogP contribution in [-0.2, 0) is 15.6 Å². The van der Waals surface area contributed by atoms with E-state index in [9.17, 15) is 13.5 Å². The van der Waals surface area contributed by atoms with E-state index in [1.165, 1.54) is 4.31 Å². The summed E-state index contributed by atoms with van der Waals surface area (Å²) < 4.78 is 33.6. The minimum absolute atomic E-state index is 0.457. The minimum atomic E-state index is -3.60. The number of fused-ring (bicyclic) bond motifs is 2. The lowest BCUT2D eigenvalue weighted by atomic mass is 9.84. The van der Waals surface area contributed by atoms with Gasteiger partial charge in [-0.05, 0) is 66.8 Å². The summed E-state index contributed by atoms with van der Waals surface area (Å²) in [6.45, 7) is 2.39. The summed E-state index contributed by atoms with van der Waals surface area (Å²) in [5.41, 5.74) is 2.38. The Morgan fingerprint density at radius 1 is 1.21 bits per heavy atom. The monoisotopic (exact) mass is 553 g/mol. The molecular weight excluding hydrogens is 522 g/mol. The van der Waals surface area contributed by atoms with Crippen molar-refractivity contribution in [1.29, 1.82) is 0 Å². The van der Waals surface area contributed by atoms with Crippen LogP contribution in [0, 0.1) is 0 Å². The molecule has 1 saturated heterocycles. The maximum Gasteiger partial charge on any atom is 0.227 e. The lowest BCUT2D eigenvalue weighted by molar-refractivity contribution is -0.0254. The van der Waals surface area contributed by atoms with Crippen LogP contribution in [-0.4, -0.2) is 66.7 Å². The van der Waals surface area contributed by atoms with Gasteiger partial charge in [-0.25, -0.2) is 17.7 Å². The van der Waals surface area contributed by atoms with Gasteiger partial charge in [0.25, 0.3) is 0 Å². The number of nitrogens with zero attached hydrogens (tertiary/aromatic N) is 3. The maximum absolute atomic E-state index is 13.1. The Hall–Kier alpha value is -2.75. The smallest absolute Gasteiger partial charge is 0.227 e. The molecule has 0 radical (unpaired) electrons. The van der Waals surface area contributed by atoms with Crippen molar-refractivity contribution in [3.63, 3.8) is 0 Å². The Labute approximate surface area is 229 Å². The number of piperidine rings is 1. The van der Waals surface area contributed by atoms with Crippen molar-refractivity contribution < 1.29 is 18.3 Å². The quantitative estimate of drug-likeness (QED) is 0.566. The summed E-state index contributed by atoms with van der Waals surface area (Å²) in [5.74, 6) is 0.947. The largest absolute Gasteiger partial charge is 0.438 e. The van der Waals surface area contributed by atoms with Crippen molar-refractivity contribution in [3.8, 4) is 5.88 Å². The zero-order chi connectivity index (χ0) is 26.9. The Morgan fingerprint density at radius 2 is 1.95 bits per heavy atom. The molecule has 2 aliphatic heterocycles. The number of aromatic nitrogens is 1. The van der Waals surface area contributed by atoms with Gasteiger partial charge in [-0.3, -0.25) is 0 Å². The van der Waals surface area contributed by atoms with Crippen molar-refractivity contribution in [2.45, 2.75) is 30.1 Å². The molecule has 1 atom stereocenters. The van der Waals surface area contributed by atoms with E-state index >= 15 is 0 Å². The number of likely N-dealkylation sites (tertiary alicyclic amines) is 1. The van der Waals surface area contributed by atoms with Crippen LogP contribution in [0.2, 0.25) is 5.02 Å². The van der Waals surface area contributed by atoms with Crippen LogP contribution in [0.15, 0.2) is 84.3 Å². The van der Waals surface area contributed by atoms with E-state index in [4.69, 9.17) is 16.3 Å². The highest BCUT2D eigenvalue weighted by Gasteiger charge is 2.36. The molecule has 38 heavy (non-hydrogen) atoms. The van der Waals surface area contributed by atoms with Gasteiger partial charge in [0.1, 0.15) is 11.0 Å². The van der Waals surface area contributed by atoms with E-state index in [1.807, 2.05) is 42.5 Å². The molecule has 200 valence electrons. The third-order valence-corrected chi connectivity index (χ3v) is 9.75. The summed E-state index contributed by atoms with van der Waals surface area (Å²) in [6, 6.07) is 11.3. The van der Waals surface area contributed by atoms with Crippen molar-refractivity contribution in [3.05, 3.63) is 100 Å². The minimum Gasteiger partial charge on any atom is -0.438 e. The van der Waals surface area contributed by atoms with Gasteiger partial charge in [-0.15, -0.1) is 0 Å². The zero-order valence-corrected chi connectivity index (χ0v) is 23.1. The van der Waals surface area contributed by atoms with Gasteiger partial charge in [-0.1, -0.05) is 42.0 Å². The van der Waals surface area contributed by atoms with Crippen molar-refractivity contribution >= 4 is 27.2 Å². The lowest BCUT2D eigenvalue weighted by Gasteiger charge is -2.38. The predicted octanol–water partition coefficient (Wildman–Crippen LogP) is 4.52. The average Bonchev–Trinajstić information content (AvgIpc) is 3.06. The molecule has 1 aromatic heterocycles. The maximum atomic E-state index is 13.1. The molecule has 1 unspecified atom stereocenters. The summed E-state index contributed by atoms with van der Waals surface area (Å²) in [4.78, 5) is 6.77. The molecule has 3 aliphatic rings. The number of halogens is 1. The first-order valence-electron chi connectivity index (χ1n) is 12.7. The van der Waals surface area contributed by atoms with Gasteiger partial charge >= 0.3 is 0 Å². The fourth-order valence-electron chi connectivity index (χ4n) is 5.13. The molecule has 1 fully saturated rings. The number of hydrogen-bond acceptors (Lipinski definition) is 6. The highest BCUT2D eigenvalue weighted by atomic mass is 35.5. The van der Waals surface area contributed by atoms with Crippen molar-refractivity contribution in [2.75, 3.05) is 33.7 Å². The molecule has 2 aromatic rings. The lowest BCUT2D eigenvalue weighted by Crippen LogP contribution is -2.42. The summed E-state index contributed by atoms with van der Waals surface area (Å²) in [6.07, 6.45) is 13.0. The Bertz CT molecular complexity index is 1420. The first-order valence-corrected chi connectivity index (χ1v) is 14.6. The second-order valence-electron chi connectivity index (χ2n) is 10.0. The first kappa shape index (κ1) is 26.8. The summed E-state index contributed by atoms with van der Waals surface area (Å²) in [7, 11) is -0.520. The molecule has 1 N–H and O–H groups in total. The van der Waals surface area contributed by atoms with Gasteiger partial charge in [0, 0.05) is 56.1 Å².